The normalized spacial score (nSPS) is 16.5. The van der Waals surface area contributed by atoms with Crippen LogP contribution in [0.15, 0.2) is 97.1 Å². The number of thiophene rings is 1. The van der Waals surface area contributed by atoms with E-state index in [0.29, 0.717) is 0 Å². The average molecular weight is 945 g/mol. The molecular weight excluding hydrogens is 868 g/mol. The van der Waals surface area contributed by atoms with E-state index in [1.165, 1.54) is 93.8 Å². The molecule has 6 heteroatoms. The molecule has 0 atom stereocenters. The van der Waals surface area contributed by atoms with E-state index in [2.05, 4.69) is 238 Å². The first-order valence-corrected chi connectivity index (χ1v) is 26.8. The van der Waals surface area contributed by atoms with Gasteiger partial charge in [-0.3, -0.25) is 9.80 Å². The van der Waals surface area contributed by atoms with Gasteiger partial charge in [-0.2, -0.15) is 0 Å². The van der Waals surface area contributed by atoms with Crippen LogP contribution >= 0.6 is 11.3 Å². The molecule has 0 radical (unpaired) electrons. The second-order valence-corrected chi connectivity index (χ2v) is 28.7. The van der Waals surface area contributed by atoms with Crippen LogP contribution in [0.3, 0.4) is 0 Å². The molecule has 362 valence electrons. The highest BCUT2D eigenvalue weighted by Gasteiger charge is 2.49. The lowest BCUT2D eigenvalue weighted by Gasteiger charge is -2.44. The minimum absolute atomic E-state index is 0.00702. The fourth-order valence-corrected chi connectivity index (χ4v) is 12.6. The molecular formula is C64H77BN4S. The number of fused-ring (bicyclic) bond motifs is 7. The second kappa shape index (κ2) is 15.7. The Bertz CT molecular complexity index is 3240. The lowest BCUT2D eigenvalue weighted by Crippen LogP contribution is -2.61. The van der Waals surface area contributed by atoms with E-state index in [-0.39, 0.29) is 44.6 Å². The summed E-state index contributed by atoms with van der Waals surface area (Å²) in [7, 11) is 0. The summed E-state index contributed by atoms with van der Waals surface area (Å²) < 4.78 is 2.67. The van der Waals surface area contributed by atoms with Crippen molar-refractivity contribution in [3.63, 3.8) is 0 Å². The second-order valence-electron chi connectivity index (χ2n) is 27.6. The Hall–Kier alpha value is -5.20. The van der Waals surface area contributed by atoms with Crippen LogP contribution in [-0.4, -0.2) is 16.7 Å². The summed E-state index contributed by atoms with van der Waals surface area (Å²) in [5.41, 5.74) is 17.5. The van der Waals surface area contributed by atoms with Gasteiger partial charge < -0.3 is 0 Å². The Labute approximate surface area is 425 Å². The monoisotopic (exact) mass is 945 g/mol. The van der Waals surface area contributed by atoms with E-state index in [4.69, 9.17) is 9.97 Å². The molecule has 0 bridgehead atoms. The Balaban J connectivity index is 1.35. The average Bonchev–Trinajstić information content (AvgIpc) is 3.64. The third-order valence-electron chi connectivity index (χ3n) is 16.0. The third-order valence-corrected chi connectivity index (χ3v) is 17.2. The molecule has 2 aromatic heterocycles. The van der Waals surface area contributed by atoms with Gasteiger partial charge in [-0.15, -0.1) is 11.3 Å². The Kier molecular flexibility index (Phi) is 10.8. The first kappa shape index (κ1) is 48.4. The van der Waals surface area contributed by atoms with Crippen molar-refractivity contribution in [1.82, 2.24) is 9.97 Å². The summed E-state index contributed by atoms with van der Waals surface area (Å²) in [6, 6.07) is 38.5. The summed E-state index contributed by atoms with van der Waals surface area (Å²) in [6.45, 7) is 44.4. The lowest BCUT2D eigenvalue weighted by molar-refractivity contribution is 0.332. The SMILES string of the molecule is CC(C)(C)c1ccc(-c2cc(C(C)(C)C)ccc2N2c3cc(C(C)(C)C)ccc3B3c4sc5cc(C(C)(C)C)ccc5c4N(c4ccc5c(c4)C(C)(C)CCC5(C)C)c4nc(C(C)(C)C)nc2c43)cc1. The van der Waals surface area contributed by atoms with Crippen molar-refractivity contribution in [2.24, 2.45) is 0 Å². The van der Waals surface area contributed by atoms with Crippen LogP contribution in [0.2, 0.25) is 0 Å². The summed E-state index contributed by atoms with van der Waals surface area (Å²) in [4.78, 5) is 16.9. The molecule has 0 N–H and O–H groups in total. The van der Waals surface area contributed by atoms with Gasteiger partial charge in [0, 0.05) is 42.7 Å². The molecule has 0 spiro atoms. The number of hydrogen-bond acceptors (Lipinski definition) is 5. The highest BCUT2D eigenvalue weighted by atomic mass is 32.1. The van der Waals surface area contributed by atoms with Crippen LogP contribution in [0.5, 0.6) is 0 Å². The predicted molar refractivity (Wildman–Crippen MR) is 306 cm³/mol. The van der Waals surface area contributed by atoms with Crippen LogP contribution in [-0.2, 0) is 37.9 Å². The zero-order valence-corrected chi connectivity index (χ0v) is 46.7. The molecule has 0 saturated heterocycles. The van der Waals surface area contributed by atoms with E-state index in [1.54, 1.807) is 0 Å². The molecule has 4 nitrogen and oxygen atoms in total. The fourth-order valence-electron chi connectivity index (χ4n) is 11.3. The summed E-state index contributed by atoms with van der Waals surface area (Å²) >= 11 is 1.97. The molecule has 7 aromatic rings. The Morgan fingerprint density at radius 2 is 1.03 bits per heavy atom. The van der Waals surface area contributed by atoms with Gasteiger partial charge in [0.05, 0.1) is 11.4 Å². The number of benzene rings is 5. The zero-order chi connectivity index (χ0) is 50.6. The predicted octanol–water partition coefficient (Wildman–Crippen LogP) is 16.3. The van der Waals surface area contributed by atoms with Gasteiger partial charge in [0.15, 0.2) is 0 Å². The first-order chi connectivity index (χ1) is 32.3. The van der Waals surface area contributed by atoms with E-state index >= 15 is 0 Å². The first-order valence-electron chi connectivity index (χ1n) is 26.0. The minimum Gasteiger partial charge on any atom is -0.295 e. The topological polar surface area (TPSA) is 32.3 Å². The van der Waals surface area contributed by atoms with Crippen molar-refractivity contribution in [2.75, 3.05) is 9.80 Å². The molecule has 1 aliphatic carbocycles. The zero-order valence-electron chi connectivity index (χ0n) is 45.9. The van der Waals surface area contributed by atoms with Crippen molar-refractivity contribution < 1.29 is 0 Å². The van der Waals surface area contributed by atoms with Crippen LogP contribution in [0.25, 0.3) is 21.2 Å². The lowest BCUT2D eigenvalue weighted by atomic mass is 9.36. The van der Waals surface area contributed by atoms with Crippen molar-refractivity contribution in [1.29, 1.82) is 0 Å². The minimum atomic E-state index is -0.353. The number of aromatic nitrogens is 2. The largest absolute Gasteiger partial charge is 0.295 e. The molecule has 0 amide bonds. The highest BCUT2D eigenvalue weighted by Crippen LogP contribution is 2.53. The molecule has 5 aromatic carbocycles. The molecule has 3 aliphatic rings. The van der Waals surface area contributed by atoms with Crippen molar-refractivity contribution >= 4 is 78.2 Å². The van der Waals surface area contributed by atoms with Gasteiger partial charge in [-0.1, -0.05) is 192 Å². The molecule has 0 saturated carbocycles. The Morgan fingerprint density at radius 3 is 1.63 bits per heavy atom. The molecule has 70 heavy (non-hydrogen) atoms. The van der Waals surface area contributed by atoms with Gasteiger partial charge >= 0.3 is 0 Å². The van der Waals surface area contributed by atoms with Crippen LogP contribution in [0.1, 0.15) is 184 Å². The Morgan fingerprint density at radius 1 is 0.500 bits per heavy atom. The smallest absolute Gasteiger partial charge is 0.268 e. The van der Waals surface area contributed by atoms with E-state index in [1.807, 2.05) is 11.3 Å². The van der Waals surface area contributed by atoms with Gasteiger partial charge in [0.25, 0.3) is 6.71 Å². The standard InChI is InChI=1S/C64H77BN4S/c1-58(2,3)39-22-20-38(21-23-39)45-34-40(59(4,5)6)26-31-49(45)69-50-35-41(60(7,8)9)25-30-48(50)65-52-55(66-57(62(13,14)15)67-56(52)69)68(43-27-29-46-47(37-43)64(18,19)33-32-63(46,16)17)53-44-28-24-42(61(10,11)12)36-51(44)70-54(53)65/h20-31,34-37H,32-33H2,1-19H3. The number of rotatable bonds is 3. The van der Waals surface area contributed by atoms with Gasteiger partial charge in [-0.25, -0.2) is 9.97 Å². The molecule has 0 unspecified atom stereocenters. The fraction of sp³-hybridized carbons (Fsp3) is 0.438. The quantitative estimate of drug-likeness (QED) is 0.165. The maximum Gasteiger partial charge on any atom is 0.268 e. The summed E-state index contributed by atoms with van der Waals surface area (Å²) in [6.07, 6.45) is 2.32. The van der Waals surface area contributed by atoms with Crippen molar-refractivity contribution in [2.45, 2.75) is 182 Å². The molecule has 0 fully saturated rings. The maximum atomic E-state index is 5.88. The number of anilines is 6. The number of hydrogen-bond donors (Lipinski definition) is 0. The van der Waals surface area contributed by atoms with Crippen molar-refractivity contribution in [3.05, 3.63) is 136 Å². The highest BCUT2D eigenvalue weighted by molar-refractivity contribution is 7.33. The van der Waals surface area contributed by atoms with Gasteiger partial charge in [-0.05, 0) is 126 Å². The van der Waals surface area contributed by atoms with Crippen LogP contribution < -0.4 is 25.5 Å². The van der Waals surface area contributed by atoms with Gasteiger partial charge in [0.2, 0.25) is 0 Å². The van der Waals surface area contributed by atoms with E-state index < -0.39 is 0 Å². The summed E-state index contributed by atoms with van der Waals surface area (Å²) in [5.74, 6) is 2.79. The molecule has 10 rings (SSSR count). The third kappa shape index (κ3) is 7.94. The molecule has 2 aliphatic heterocycles. The maximum absolute atomic E-state index is 5.88. The summed E-state index contributed by atoms with van der Waals surface area (Å²) in [5, 5.41) is 1.28. The van der Waals surface area contributed by atoms with E-state index in [0.717, 1.165) is 29.6 Å². The van der Waals surface area contributed by atoms with Crippen LogP contribution in [0, 0.1) is 0 Å². The van der Waals surface area contributed by atoms with Crippen molar-refractivity contribution in [3.8, 4) is 11.1 Å². The molecule has 4 heterocycles. The van der Waals surface area contributed by atoms with Gasteiger partial charge in [0.1, 0.15) is 17.5 Å². The van der Waals surface area contributed by atoms with E-state index in [9.17, 15) is 0 Å². The number of nitrogens with zero attached hydrogens (tertiary/aromatic N) is 4. The van der Waals surface area contributed by atoms with Crippen LogP contribution in [0.4, 0.5) is 34.4 Å².